The lowest BCUT2D eigenvalue weighted by molar-refractivity contribution is -0.123. The van der Waals surface area contributed by atoms with Gasteiger partial charge in [0.15, 0.2) is 6.10 Å². The summed E-state index contributed by atoms with van der Waals surface area (Å²) in [7, 11) is -2.53. The van der Waals surface area contributed by atoms with Gasteiger partial charge in [0.2, 0.25) is 10.0 Å². The van der Waals surface area contributed by atoms with Crippen LogP contribution in [-0.2, 0) is 19.6 Å². The molecule has 1 unspecified atom stereocenters. The molecule has 2 N–H and O–H groups in total. The third-order valence-corrected chi connectivity index (χ3v) is 6.40. The Kier molecular flexibility index (Phi) is 7.29. The molecular formula is C23H21ClN2O5S. The van der Waals surface area contributed by atoms with Gasteiger partial charge < -0.3 is 10.1 Å². The summed E-state index contributed by atoms with van der Waals surface area (Å²) in [4.78, 5) is 25.1. The maximum Gasteiger partial charge on any atom is 0.340 e. The van der Waals surface area contributed by atoms with Gasteiger partial charge in [0.05, 0.1) is 15.5 Å². The highest BCUT2D eigenvalue weighted by atomic mass is 35.5. The van der Waals surface area contributed by atoms with Gasteiger partial charge in [0.25, 0.3) is 5.91 Å². The lowest BCUT2D eigenvalue weighted by atomic mass is 10.0. The first-order valence-corrected chi connectivity index (χ1v) is 11.5. The Morgan fingerprint density at radius 2 is 1.62 bits per heavy atom. The number of amides is 1. The van der Waals surface area contributed by atoms with E-state index < -0.39 is 28.0 Å². The number of nitrogens with one attached hydrogen (secondary N) is 2. The average molecular weight is 473 g/mol. The number of anilines is 1. The number of hydrogen-bond acceptors (Lipinski definition) is 5. The van der Waals surface area contributed by atoms with Crippen LogP contribution in [0.25, 0.3) is 11.1 Å². The summed E-state index contributed by atoms with van der Waals surface area (Å²) < 4.78 is 31.4. The number of halogens is 1. The van der Waals surface area contributed by atoms with Crippen molar-refractivity contribution in [3.05, 3.63) is 83.4 Å². The monoisotopic (exact) mass is 472 g/mol. The Hall–Kier alpha value is -3.20. The summed E-state index contributed by atoms with van der Waals surface area (Å²) >= 11 is 6.05. The van der Waals surface area contributed by atoms with Crippen LogP contribution >= 0.6 is 11.6 Å². The Bertz CT molecular complexity index is 1250. The van der Waals surface area contributed by atoms with Crippen molar-refractivity contribution in [2.45, 2.75) is 17.9 Å². The summed E-state index contributed by atoms with van der Waals surface area (Å²) in [5.74, 6) is -1.46. The number of benzene rings is 3. The van der Waals surface area contributed by atoms with Crippen LogP contribution in [0.4, 0.5) is 5.69 Å². The minimum atomic E-state index is -3.78. The van der Waals surface area contributed by atoms with Crippen molar-refractivity contribution in [2.24, 2.45) is 0 Å². The van der Waals surface area contributed by atoms with Crippen LogP contribution in [0.3, 0.4) is 0 Å². The van der Waals surface area contributed by atoms with Crippen molar-refractivity contribution in [1.82, 2.24) is 4.72 Å². The molecule has 0 heterocycles. The number of esters is 1. The summed E-state index contributed by atoms with van der Waals surface area (Å²) in [6.45, 7) is 1.42. The molecule has 0 saturated heterocycles. The minimum Gasteiger partial charge on any atom is -0.449 e. The zero-order valence-corrected chi connectivity index (χ0v) is 18.9. The van der Waals surface area contributed by atoms with Gasteiger partial charge in [-0.15, -0.1) is 0 Å². The van der Waals surface area contributed by atoms with Gasteiger partial charge in [0, 0.05) is 11.3 Å². The molecule has 3 aromatic carbocycles. The Morgan fingerprint density at radius 3 is 2.31 bits per heavy atom. The maximum absolute atomic E-state index is 12.7. The van der Waals surface area contributed by atoms with Gasteiger partial charge in [-0.25, -0.2) is 17.9 Å². The summed E-state index contributed by atoms with van der Waals surface area (Å²) in [6, 6.07) is 20.4. The molecule has 0 saturated carbocycles. The average Bonchev–Trinajstić information content (AvgIpc) is 2.80. The van der Waals surface area contributed by atoms with E-state index in [0.717, 1.165) is 17.2 Å². The Morgan fingerprint density at radius 1 is 0.969 bits per heavy atom. The van der Waals surface area contributed by atoms with E-state index in [1.807, 2.05) is 42.5 Å². The van der Waals surface area contributed by atoms with Crippen molar-refractivity contribution in [3.8, 4) is 11.1 Å². The van der Waals surface area contributed by atoms with E-state index in [1.165, 1.54) is 26.1 Å². The molecule has 0 fully saturated rings. The van der Waals surface area contributed by atoms with Crippen molar-refractivity contribution >= 4 is 39.2 Å². The SMILES string of the molecule is CNS(=O)(=O)c1ccc(Cl)c(C(=O)OC(C)C(=O)Nc2ccccc2-c2ccccc2)c1. The van der Waals surface area contributed by atoms with Crippen LogP contribution in [0.15, 0.2) is 77.7 Å². The number of para-hydroxylation sites is 1. The lowest BCUT2D eigenvalue weighted by Crippen LogP contribution is -2.30. The molecule has 9 heteroatoms. The van der Waals surface area contributed by atoms with E-state index in [0.29, 0.717) is 5.69 Å². The quantitative estimate of drug-likeness (QED) is 0.504. The van der Waals surface area contributed by atoms with Crippen LogP contribution in [0.5, 0.6) is 0 Å². The molecule has 0 aliphatic carbocycles. The Balaban J connectivity index is 1.76. The van der Waals surface area contributed by atoms with Crippen LogP contribution in [0.2, 0.25) is 5.02 Å². The number of hydrogen-bond donors (Lipinski definition) is 2. The van der Waals surface area contributed by atoms with Gasteiger partial charge in [-0.05, 0) is 43.8 Å². The predicted octanol–water partition coefficient (Wildman–Crippen LogP) is 4.10. The maximum atomic E-state index is 12.7. The largest absolute Gasteiger partial charge is 0.449 e. The second-order valence-corrected chi connectivity index (χ2v) is 9.09. The van der Waals surface area contributed by atoms with E-state index in [1.54, 1.807) is 12.1 Å². The normalized spacial score (nSPS) is 12.1. The molecule has 0 radical (unpaired) electrons. The molecule has 166 valence electrons. The number of sulfonamides is 1. The topological polar surface area (TPSA) is 102 Å². The number of carbonyl (C=O) groups excluding carboxylic acids is 2. The molecule has 1 amide bonds. The third-order valence-electron chi connectivity index (χ3n) is 4.66. The molecular weight excluding hydrogens is 452 g/mol. The standard InChI is InChI=1S/C23H21ClN2O5S/c1-15(31-23(28)19-14-17(12-13-20(19)24)32(29,30)25-2)22(27)26-21-11-7-6-10-18(21)16-8-4-3-5-9-16/h3-15,25H,1-2H3,(H,26,27). The molecule has 0 aliphatic rings. The highest BCUT2D eigenvalue weighted by Crippen LogP contribution is 2.28. The number of rotatable bonds is 7. The minimum absolute atomic E-state index is 0.00656. The summed E-state index contributed by atoms with van der Waals surface area (Å²) in [5, 5.41) is 2.78. The van der Waals surface area contributed by atoms with Crippen LogP contribution in [-0.4, -0.2) is 33.4 Å². The van der Waals surface area contributed by atoms with Crippen LogP contribution < -0.4 is 10.0 Å². The first-order valence-electron chi connectivity index (χ1n) is 9.62. The highest BCUT2D eigenvalue weighted by molar-refractivity contribution is 7.89. The molecule has 3 aromatic rings. The zero-order chi connectivity index (χ0) is 23.3. The molecule has 3 rings (SSSR count). The highest BCUT2D eigenvalue weighted by Gasteiger charge is 2.23. The fraction of sp³-hybridized carbons (Fsp3) is 0.130. The van der Waals surface area contributed by atoms with E-state index in [-0.39, 0.29) is 15.5 Å². The van der Waals surface area contributed by atoms with Crippen LogP contribution in [0, 0.1) is 0 Å². The molecule has 32 heavy (non-hydrogen) atoms. The predicted molar refractivity (Wildman–Crippen MR) is 123 cm³/mol. The van der Waals surface area contributed by atoms with E-state index in [2.05, 4.69) is 10.0 Å². The van der Waals surface area contributed by atoms with Crippen LogP contribution in [0.1, 0.15) is 17.3 Å². The van der Waals surface area contributed by atoms with E-state index in [9.17, 15) is 18.0 Å². The lowest BCUT2D eigenvalue weighted by Gasteiger charge is -2.16. The smallest absolute Gasteiger partial charge is 0.340 e. The van der Waals surface area contributed by atoms with Gasteiger partial charge in [0.1, 0.15) is 0 Å². The van der Waals surface area contributed by atoms with Gasteiger partial charge in [-0.2, -0.15) is 0 Å². The van der Waals surface area contributed by atoms with E-state index >= 15 is 0 Å². The zero-order valence-electron chi connectivity index (χ0n) is 17.3. The molecule has 0 aromatic heterocycles. The summed E-state index contributed by atoms with van der Waals surface area (Å²) in [5.41, 5.74) is 2.13. The first kappa shape index (κ1) is 23.5. The fourth-order valence-electron chi connectivity index (χ4n) is 2.92. The second-order valence-electron chi connectivity index (χ2n) is 6.80. The third kappa shape index (κ3) is 5.34. The van der Waals surface area contributed by atoms with Gasteiger partial charge >= 0.3 is 5.97 Å². The van der Waals surface area contributed by atoms with Crippen molar-refractivity contribution in [3.63, 3.8) is 0 Å². The second kappa shape index (κ2) is 9.95. The number of ether oxygens (including phenoxy) is 1. The van der Waals surface area contributed by atoms with Gasteiger partial charge in [-0.3, -0.25) is 4.79 Å². The van der Waals surface area contributed by atoms with Gasteiger partial charge in [-0.1, -0.05) is 60.1 Å². The molecule has 0 aliphatic heterocycles. The van der Waals surface area contributed by atoms with E-state index in [4.69, 9.17) is 16.3 Å². The van der Waals surface area contributed by atoms with Crippen molar-refractivity contribution < 1.29 is 22.7 Å². The Labute approximate surface area is 191 Å². The molecule has 1 atom stereocenters. The summed E-state index contributed by atoms with van der Waals surface area (Å²) in [6.07, 6.45) is -1.16. The molecule has 0 bridgehead atoms. The molecule has 0 spiro atoms. The first-order chi connectivity index (χ1) is 15.2. The van der Waals surface area contributed by atoms with Crippen molar-refractivity contribution in [1.29, 1.82) is 0 Å². The fourth-order valence-corrected chi connectivity index (χ4v) is 3.87. The van der Waals surface area contributed by atoms with Crippen molar-refractivity contribution in [2.75, 3.05) is 12.4 Å². The molecule has 7 nitrogen and oxygen atoms in total. The number of carbonyl (C=O) groups is 2.